The van der Waals surface area contributed by atoms with E-state index < -0.39 is 23.0 Å². The standard InChI is InChI=1S/C28H30O4/c1-27(2,3)32-26(30)28(4,19-21-12-7-5-8-13-21)25(29)31-20-22-14-11-17-24(18-22)23-15-9-6-10-16-23/h5-18H,19-20H2,1-4H3/t28-/m0/s1. The van der Waals surface area contributed by atoms with Gasteiger partial charge in [-0.15, -0.1) is 0 Å². The van der Waals surface area contributed by atoms with Crippen LogP contribution in [0.3, 0.4) is 0 Å². The van der Waals surface area contributed by atoms with Gasteiger partial charge in [0, 0.05) is 0 Å². The first kappa shape index (κ1) is 23.3. The van der Waals surface area contributed by atoms with Gasteiger partial charge in [0.05, 0.1) is 0 Å². The average Bonchev–Trinajstić information content (AvgIpc) is 2.77. The summed E-state index contributed by atoms with van der Waals surface area (Å²) in [5.41, 5.74) is 1.68. The third-order valence-electron chi connectivity index (χ3n) is 5.10. The molecule has 4 nitrogen and oxygen atoms in total. The number of hydrogen-bond acceptors (Lipinski definition) is 4. The first-order valence-corrected chi connectivity index (χ1v) is 10.8. The predicted octanol–water partition coefficient (Wildman–Crippen LogP) is 5.99. The zero-order chi connectivity index (χ0) is 23.2. The third-order valence-corrected chi connectivity index (χ3v) is 5.10. The summed E-state index contributed by atoms with van der Waals surface area (Å²) in [6.45, 7) is 7.03. The lowest BCUT2D eigenvalue weighted by Crippen LogP contribution is -2.44. The Morgan fingerprint density at radius 3 is 1.88 bits per heavy atom. The minimum Gasteiger partial charge on any atom is -0.460 e. The molecular weight excluding hydrogens is 400 g/mol. The molecule has 32 heavy (non-hydrogen) atoms. The SMILES string of the molecule is CC(C)(C)OC(=O)[C@@](C)(Cc1ccccc1)C(=O)OCc1cccc(-c2ccccc2)c1. The highest BCUT2D eigenvalue weighted by Gasteiger charge is 2.46. The van der Waals surface area contributed by atoms with E-state index in [4.69, 9.17) is 9.47 Å². The number of hydrogen-bond donors (Lipinski definition) is 0. The molecule has 1 atom stereocenters. The highest BCUT2D eigenvalue weighted by molar-refractivity contribution is 6.00. The second-order valence-electron chi connectivity index (χ2n) is 9.14. The second-order valence-corrected chi connectivity index (χ2v) is 9.14. The van der Waals surface area contributed by atoms with Gasteiger partial charge in [-0.2, -0.15) is 0 Å². The molecule has 0 spiro atoms. The number of carbonyl (C=O) groups is 2. The monoisotopic (exact) mass is 430 g/mol. The van der Waals surface area contributed by atoms with E-state index in [1.54, 1.807) is 27.7 Å². The number of carbonyl (C=O) groups excluding carboxylic acids is 2. The fourth-order valence-electron chi connectivity index (χ4n) is 3.40. The molecule has 0 saturated carbocycles. The van der Waals surface area contributed by atoms with Crippen molar-refractivity contribution in [3.8, 4) is 11.1 Å². The lowest BCUT2D eigenvalue weighted by Gasteiger charge is -2.30. The lowest BCUT2D eigenvalue weighted by molar-refractivity contribution is -0.179. The van der Waals surface area contributed by atoms with Gasteiger partial charge in [0.1, 0.15) is 12.2 Å². The first-order valence-electron chi connectivity index (χ1n) is 10.8. The fraction of sp³-hybridized carbons (Fsp3) is 0.286. The Hall–Kier alpha value is -3.40. The molecule has 3 rings (SSSR count). The molecule has 0 radical (unpaired) electrons. The van der Waals surface area contributed by atoms with Gasteiger partial charge in [0.2, 0.25) is 0 Å². The molecule has 166 valence electrons. The quantitative estimate of drug-likeness (QED) is 0.341. The first-order chi connectivity index (χ1) is 15.2. The topological polar surface area (TPSA) is 52.6 Å². The van der Waals surface area contributed by atoms with Crippen molar-refractivity contribution in [3.63, 3.8) is 0 Å². The van der Waals surface area contributed by atoms with Crippen LogP contribution in [-0.4, -0.2) is 17.5 Å². The molecule has 0 aliphatic carbocycles. The molecule has 0 unspecified atom stereocenters. The van der Waals surface area contributed by atoms with Crippen LogP contribution in [0.15, 0.2) is 84.9 Å². The minimum absolute atomic E-state index is 0.0761. The number of benzene rings is 3. The molecule has 3 aromatic carbocycles. The summed E-state index contributed by atoms with van der Waals surface area (Å²) < 4.78 is 11.2. The van der Waals surface area contributed by atoms with Crippen LogP contribution in [0.5, 0.6) is 0 Å². The van der Waals surface area contributed by atoms with Crippen molar-refractivity contribution in [2.75, 3.05) is 0 Å². The van der Waals surface area contributed by atoms with Gasteiger partial charge in [-0.3, -0.25) is 9.59 Å². The molecule has 0 N–H and O–H groups in total. The average molecular weight is 431 g/mol. The molecule has 0 heterocycles. The predicted molar refractivity (Wildman–Crippen MR) is 126 cm³/mol. The van der Waals surface area contributed by atoms with Crippen LogP contribution in [0.4, 0.5) is 0 Å². The molecular formula is C28H30O4. The van der Waals surface area contributed by atoms with Gasteiger partial charge < -0.3 is 9.47 Å². The van der Waals surface area contributed by atoms with Crippen molar-refractivity contribution in [1.29, 1.82) is 0 Å². The Balaban J connectivity index is 1.78. The maximum atomic E-state index is 13.2. The van der Waals surface area contributed by atoms with E-state index in [2.05, 4.69) is 0 Å². The normalized spacial score (nSPS) is 13.1. The Morgan fingerprint density at radius 1 is 0.688 bits per heavy atom. The van der Waals surface area contributed by atoms with Crippen molar-refractivity contribution < 1.29 is 19.1 Å². The van der Waals surface area contributed by atoms with E-state index in [1.807, 2.05) is 84.9 Å². The summed E-state index contributed by atoms with van der Waals surface area (Å²) in [6, 6.07) is 27.3. The minimum atomic E-state index is -1.45. The molecule has 0 aromatic heterocycles. The maximum Gasteiger partial charge on any atom is 0.324 e. The van der Waals surface area contributed by atoms with Crippen LogP contribution in [0.1, 0.15) is 38.8 Å². The van der Waals surface area contributed by atoms with E-state index in [1.165, 1.54) is 0 Å². The second kappa shape index (κ2) is 9.82. The van der Waals surface area contributed by atoms with Crippen LogP contribution < -0.4 is 0 Å². The van der Waals surface area contributed by atoms with Gasteiger partial charge in [-0.25, -0.2) is 0 Å². The van der Waals surface area contributed by atoms with Crippen molar-refractivity contribution >= 4 is 11.9 Å². The lowest BCUT2D eigenvalue weighted by atomic mass is 9.83. The smallest absolute Gasteiger partial charge is 0.324 e. The van der Waals surface area contributed by atoms with E-state index in [-0.39, 0.29) is 13.0 Å². The van der Waals surface area contributed by atoms with Crippen LogP contribution in [0.25, 0.3) is 11.1 Å². The molecule has 3 aromatic rings. The molecule has 0 aliphatic rings. The fourth-order valence-corrected chi connectivity index (χ4v) is 3.40. The van der Waals surface area contributed by atoms with E-state index in [0.29, 0.717) is 0 Å². The molecule has 0 amide bonds. The summed E-state index contributed by atoms with van der Waals surface area (Å²) in [5, 5.41) is 0. The van der Waals surface area contributed by atoms with Gasteiger partial charge in [-0.05, 0) is 62.4 Å². The van der Waals surface area contributed by atoms with Gasteiger partial charge in [0.15, 0.2) is 5.41 Å². The van der Waals surface area contributed by atoms with E-state index in [9.17, 15) is 9.59 Å². The summed E-state index contributed by atoms with van der Waals surface area (Å²) in [6.07, 6.45) is 0.200. The van der Waals surface area contributed by atoms with Crippen LogP contribution in [0, 0.1) is 5.41 Å². The zero-order valence-electron chi connectivity index (χ0n) is 19.1. The Bertz CT molecular complexity index is 1050. The Labute approximate surface area is 190 Å². The van der Waals surface area contributed by atoms with Gasteiger partial charge in [-0.1, -0.05) is 78.9 Å². The summed E-state index contributed by atoms with van der Waals surface area (Å²) in [4.78, 5) is 26.3. The molecule has 0 saturated heterocycles. The summed E-state index contributed by atoms with van der Waals surface area (Å²) >= 11 is 0. The maximum absolute atomic E-state index is 13.2. The summed E-state index contributed by atoms with van der Waals surface area (Å²) in [7, 11) is 0. The third kappa shape index (κ3) is 6.07. The van der Waals surface area contributed by atoms with Crippen LogP contribution in [0.2, 0.25) is 0 Å². The number of esters is 2. The number of ether oxygens (including phenoxy) is 2. The highest BCUT2D eigenvalue weighted by atomic mass is 16.6. The van der Waals surface area contributed by atoms with Gasteiger partial charge in [0.25, 0.3) is 0 Å². The van der Waals surface area contributed by atoms with Crippen molar-refractivity contribution in [1.82, 2.24) is 0 Å². The Kier molecular flexibility index (Phi) is 7.14. The van der Waals surface area contributed by atoms with Crippen molar-refractivity contribution in [3.05, 3.63) is 96.1 Å². The van der Waals surface area contributed by atoms with Crippen molar-refractivity contribution in [2.45, 2.75) is 46.3 Å². The largest absolute Gasteiger partial charge is 0.460 e. The van der Waals surface area contributed by atoms with Gasteiger partial charge >= 0.3 is 11.9 Å². The highest BCUT2D eigenvalue weighted by Crippen LogP contribution is 2.29. The Morgan fingerprint density at radius 2 is 1.25 bits per heavy atom. The van der Waals surface area contributed by atoms with Crippen LogP contribution in [-0.2, 0) is 32.1 Å². The van der Waals surface area contributed by atoms with E-state index >= 15 is 0 Å². The molecule has 0 bridgehead atoms. The van der Waals surface area contributed by atoms with E-state index in [0.717, 1.165) is 22.3 Å². The molecule has 4 heteroatoms. The zero-order valence-corrected chi connectivity index (χ0v) is 19.1. The summed E-state index contributed by atoms with van der Waals surface area (Å²) in [5.74, 6) is -1.18. The number of rotatable bonds is 7. The van der Waals surface area contributed by atoms with Crippen molar-refractivity contribution in [2.24, 2.45) is 5.41 Å². The molecule has 0 aliphatic heterocycles. The molecule has 0 fully saturated rings. The van der Waals surface area contributed by atoms with Crippen LogP contribution >= 0.6 is 0 Å².